The number of carbonyl (C=O) groups is 1. The molecule has 94 valence electrons. The maximum atomic E-state index is 10.5. The maximum Gasteiger partial charge on any atom is 0.332 e. The summed E-state index contributed by atoms with van der Waals surface area (Å²) in [5.41, 5.74) is 0.791. The fourth-order valence-corrected chi connectivity index (χ4v) is 1.52. The smallest absolute Gasteiger partial charge is 0.332 e. The van der Waals surface area contributed by atoms with E-state index in [9.17, 15) is 9.90 Å². The fraction of sp³-hybridized carbons (Fsp3) is 0.273. The molecule has 0 saturated heterocycles. The minimum absolute atomic E-state index is 0.0979. The lowest BCUT2D eigenvalue weighted by Gasteiger charge is -2.08. The molecule has 0 bridgehead atoms. The van der Waals surface area contributed by atoms with Crippen molar-refractivity contribution >= 4 is 5.97 Å². The number of carboxylic acid groups (broad SMARTS) is 1. The first-order chi connectivity index (χ1) is 8.68. The van der Waals surface area contributed by atoms with Gasteiger partial charge in [0.2, 0.25) is 0 Å². The Labute approximate surface area is 103 Å². The van der Waals surface area contributed by atoms with E-state index in [2.05, 4.69) is 15.2 Å². The van der Waals surface area contributed by atoms with Crippen LogP contribution in [0.5, 0.6) is 0 Å². The molecule has 0 aromatic carbocycles. The first kappa shape index (κ1) is 12.2. The standard InChI is InChI=1S/C11H12N4O3/c16-9(11(17)18)3-5-15-7-13-14-10(15)8-2-1-4-12-6-8/h1-2,4,6-7,9,16H,3,5H2,(H,17,18). The first-order valence-electron chi connectivity index (χ1n) is 5.37. The summed E-state index contributed by atoms with van der Waals surface area (Å²) >= 11 is 0. The van der Waals surface area contributed by atoms with Crippen molar-refractivity contribution in [2.45, 2.75) is 19.1 Å². The van der Waals surface area contributed by atoms with Gasteiger partial charge in [0.25, 0.3) is 0 Å². The van der Waals surface area contributed by atoms with Gasteiger partial charge in [-0.25, -0.2) is 4.79 Å². The van der Waals surface area contributed by atoms with Crippen molar-refractivity contribution < 1.29 is 15.0 Å². The number of pyridine rings is 1. The Morgan fingerprint density at radius 2 is 2.33 bits per heavy atom. The number of hydrogen-bond donors (Lipinski definition) is 2. The molecule has 0 spiro atoms. The van der Waals surface area contributed by atoms with Gasteiger partial charge in [0.15, 0.2) is 11.9 Å². The van der Waals surface area contributed by atoms with E-state index in [0.717, 1.165) is 5.56 Å². The molecule has 2 heterocycles. The van der Waals surface area contributed by atoms with Crippen molar-refractivity contribution in [1.29, 1.82) is 0 Å². The number of aromatic nitrogens is 4. The van der Waals surface area contributed by atoms with Gasteiger partial charge in [-0.05, 0) is 12.1 Å². The zero-order chi connectivity index (χ0) is 13.0. The third kappa shape index (κ3) is 2.69. The zero-order valence-electron chi connectivity index (χ0n) is 9.47. The van der Waals surface area contributed by atoms with Crippen molar-refractivity contribution in [3.8, 4) is 11.4 Å². The molecule has 2 aromatic heterocycles. The highest BCUT2D eigenvalue weighted by molar-refractivity contribution is 5.71. The van der Waals surface area contributed by atoms with Gasteiger partial charge in [0.1, 0.15) is 6.33 Å². The lowest BCUT2D eigenvalue weighted by molar-refractivity contribution is -0.147. The van der Waals surface area contributed by atoms with Crippen LogP contribution in [-0.4, -0.2) is 42.0 Å². The fourth-order valence-electron chi connectivity index (χ4n) is 1.52. The summed E-state index contributed by atoms with van der Waals surface area (Å²) in [7, 11) is 0. The molecule has 7 heteroatoms. The van der Waals surface area contributed by atoms with Crippen LogP contribution < -0.4 is 0 Å². The van der Waals surface area contributed by atoms with E-state index in [4.69, 9.17) is 5.11 Å². The summed E-state index contributed by atoms with van der Waals surface area (Å²) in [6, 6.07) is 3.61. The van der Waals surface area contributed by atoms with Gasteiger partial charge in [0, 0.05) is 30.9 Å². The third-order valence-corrected chi connectivity index (χ3v) is 2.46. The molecule has 7 nitrogen and oxygen atoms in total. The van der Waals surface area contributed by atoms with Gasteiger partial charge in [-0.15, -0.1) is 10.2 Å². The van der Waals surface area contributed by atoms with E-state index in [-0.39, 0.29) is 6.42 Å². The second-order valence-corrected chi connectivity index (χ2v) is 3.73. The van der Waals surface area contributed by atoms with E-state index in [0.29, 0.717) is 12.4 Å². The molecule has 0 fully saturated rings. The second kappa shape index (κ2) is 5.37. The van der Waals surface area contributed by atoms with Crippen LogP contribution in [0, 0.1) is 0 Å². The van der Waals surface area contributed by atoms with Crippen LogP contribution in [0.3, 0.4) is 0 Å². The molecule has 2 N–H and O–H groups in total. The third-order valence-electron chi connectivity index (χ3n) is 2.46. The Morgan fingerprint density at radius 1 is 1.50 bits per heavy atom. The Balaban J connectivity index is 2.12. The Hall–Kier alpha value is -2.28. The molecule has 1 unspecified atom stereocenters. The number of aliphatic hydroxyl groups is 1. The monoisotopic (exact) mass is 248 g/mol. The topological polar surface area (TPSA) is 101 Å². The van der Waals surface area contributed by atoms with E-state index >= 15 is 0 Å². The number of aliphatic hydroxyl groups excluding tert-OH is 1. The van der Waals surface area contributed by atoms with Crippen LogP contribution >= 0.6 is 0 Å². The minimum atomic E-state index is -1.38. The molecule has 0 aliphatic heterocycles. The van der Waals surface area contributed by atoms with Crippen molar-refractivity contribution in [2.75, 3.05) is 0 Å². The Morgan fingerprint density at radius 3 is 3.00 bits per heavy atom. The van der Waals surface area contributed by atoms with Gasteiger partial charge in [-0.3, -0.25) is 4.98 Å². The number of aryl methyl sites for hydroxylation is 1. The van der Waals surface area contributed by atoms with Crippen LogP contribution in [0.2, 0.25) is 0 Å². The quantitative estimate of drug-likeness (QED) is 0.782. The molecule has 0 radical (unpaired) electrons. The van der Waals surface area contributed by atoms with Crippen LogP contribution in [0.15, 0.2) is 30.9 Å². The molecule has 1 atom stereocenters. The van der Waals surface area contributed by atoms with Crippen molar-refractivity contribution in [2.24, 2.45) is 0 Å². The molecule has 2 rings (SSSR count). The van der Waals surface area contributed by atoms with Crippen LogP contribution in [0.25, 0.3) is 11.4 Å². The van der Waals surface area contributed by atoms with Crippen molar-refractivity contribution in [1.82, 2.24) is 19.7 Å². The van der Waals surface area contributed by atoms with Crippen LogP contribution in [-0.2, 0) is 11.3 Å². The molecule has 2 aromatic rings. The Kier molecular flexibility index (Phi) is 3.63. The van der Waals surface area contributed by atoms with Crippen LogP contribution in [0.1, 0.15) is 6.42 Å². The Bertz CT molecular complexity index is 526. The first-order valence-corrected chi connectivity index (χ1v) is 5.37. The van der Waals surface area contributed by atoms with Gasteiger partial charge in [-0.1, -0.05) is 0 Å². The number of carboxylic acids is 1. The highest BCUT2D eigenvalue weighted by atomic mass is 16.4. The van der Waals surface area contributed by atoms with Crippen molar-refractivity contribution in [3.63, 3.8) is 0 Å². The van der Waals surface area contributed by atoms with E-state index in [1.165, 1.54) is 6.33 Å². The van der Waals surface area contributed by atoms with E-state index in [1.807, 2.05) is 6.07 Å². The zero-order valence-corrected chi connectivity index (χ0v) is 9.47. The molecule has 18 heavy (non-hydrogen) atoms. The predicted molar refractivity (Wildman–Crippen MR) is 61.5 cm³/mol. The summed E-state index contributed by atoms with van der Waals surface area (Å²) in [6.45, 7) is 0.324. The molecular weight excluding hydrogens is 236 g/mol. The lowest BCUT2D eigenvalue weighted by Crippen LogP contribution is -2.21. The number of nitrogens with zero attached hydrogens (tertiary/aromatic N) is 4. The summed E-state index contributed by atoms with van der Waals surface area (Å²) < 4.78 is 1.68. The molecule has 0 aliphatic carbocycles. The average Bonchev–Trinajstić information content (AvgIpc) is 2.85. The number of aliphatic carboxylic acids is 1. The maximum absolute atomic E-state index is 10.5. The van der Waals surface area contributed by atoms with Crippen LogP contribution in [0.4, 0.5) is 0 Å². The molecule has 0 amide bonds. The molecular formula is C11H12N4O3. The van der Waals surface area contributed by atoms with Crippen molar-refractivity contribution in [3.05, 3.63) is 30.9 Å². The normalized spacial score (nSPS) is 12.3. The van der Waals surface area contributed by atoms with Gasteiger partial charge in [-0.2, -0.15) is 0 Å². The van der Waals surface area contributed by atoms with Gasteiger partial charge in [0.05, 0.1) is 0 Å². The van der Waals surface area contributed by atoms with E-state index < -0.39 is 12.1 Å². The summed E-state index contributed by atoms with van der Waals surface area (Å²) in [6.07, 6.45) is 3.51. The largest absolute Gasteiger partial charge is 0.479 e. The summed E-state index contributed by atoms with van der Waals surface area (Å²) in [5, 5.41) is 25.5. The summed E-state index contributed by atoms with van der Waals surface area (Å²) in [5.74, 6) is -0.633. The average molecular weight is 248 g/mol. The highest BCUT2D eigenvalue weighted by Gasteiger charge is 2.14. The minimum Gasteiger partial charge on any atom is -0.479 e. The highest BCUT2D eigenvalue weighted by Crippen LogP contribution is 2.15. The number of hydrogen-bond acceptors (Lipinski definition) is 5. The molecule has 0 saturated carbocycles. The lowest BCUT2D eigenvalue weighted by atomic mass is 10.2. The van der Waals surface area contributed by atoms with Gasteiger partial charge >= 0.3 is 5.97 Å². The number of rotatable bonds is 5. The molecule has 0 aliphatic rings. The predicted octanol–water partition coefficient (Wildman–Crippen LogP) is 0.176. The SMILES string of the molecule is O=C(O)C(O)CCn1cnnc1-c1cccnc1. The van der Waals surface area contributed by atoms with Gasteiger partial charge < -0.3 is 14.8 Å². The second-order valence-electron chi connectivity index (χ2n) is 3.73. The summed E-state index contributed by atoms with van der Waals surface area (Å²) in [4.78, 5) is 14.5. The van der Waals surface area contributed by atoms with E-state index in [1.54, 1.807) is 23.0 Å².